The smallest absolute Gasteiger partial charge is 0.238 e. The molecule has 0 aromatic rings. The van der Waals surface area contributed by atoms with Gasteiger partial charge in [0.05, 0.1) is 18.7 Å². The lowest BCUT2D eigenvalue weighted by Crippen LogP contribution is -2.60. The molecule has 5 fully saturated rings. The molecule has 2 atom stereocenters. The van der Waals surface area contributed by atoms with Gasteiger partial charge in [-0.3, -0.25) is 4.79 Å². The van der Waals surface area contributed by atoms with Crippen LogP contribution in [0.25, 0.3) is 0 Å². The van der Waals surface area contributed by atoms with Gasteiger partial charge in [-0.1, -0.05) is 5.92 Å². The Bertz CT molecular complexity index is 527. The van der Waals surface area contributed by atoms with Gasteiger partial charge in [0.15, 0.2) is 0 Å². The Morgan fingerprint density at radius 2 is 1.70 bits per heavy atom. The number of carbonyl (C=O) groups is 1. The maximum Gasteiger partial charge on any atom is 0.238 e. The summed E-state index contributed by atoms with van der Waals surface area (Å²) in [5, 5.41) is 12.9. The van der Waals surface area contributed by atoms with Crippen molar-refractivity contribution in [3.05, 3.63) is 0 Å². The topological polar surface area (TPSA) is 56.1 Å². The van der Waals surface area contributed by atoms with Crippen LogP contribution in [0.3, 0.4) is 0 Å². The van der Waals surface area contributed by atoms with Crippen molar-refractivity contribution >= 4 is 5.91 Å². The minimum absolute atomic E-state index is 0.00717. The van der Waals surface area contributed by atoms with Crippen LogP contribution in [0.15, 0.2) is 0 Å². The van der Waals surface area contributed by atoms with E-state index >= 15 is 0 Å². The summed E-state index contributed by atoms with van der Waals surface area (Å²) >= 11 is 0. The zero-order valence-corrected chi connectivity index (χ0v) is 13.6. The molecule has 122 valence electrons. The van der Waals surface area contributed by atoms with Crippen molar-refractivity contribution in [1.82, 2.24) is 10.2 Å². The van der Waals surface area contributed by atoms with Crippen LogP contribution < -0.4 is 5.32 Å². The summed E-state index contributed by atoms with van der Waals surface area (Å²) in [5.41, 5.74) is 0.178. The number of terminal acetylenes is 1. The summed E-state index contributed by atoms with van der Waals surface area (Å²) in [6, 6.07) is 1.69. The predicted molar refractivity (Wildman–Crippen MR) is 87.0 cm³/mol. The highest BCUT2D eigenvalue weighted by atomic mass is 16.2. The Morgan fingerprint density at radius 1 is 1.13 bits per heavy atom. The monoisotopic (exact) mass is 311 g/mol. The molecular formula is C19H25N3O. The highest BCUT2D eigenvalue weighted by Crippen LogP contribution is 2.55. The molecule has 1 saturated heterocycles. The summed E-state index contributed by atoms with van der Waals surface area (Å²) in [5.74, 6) is 5.27. The van der Waals surface area contributed by atoms with Gasteiger partial charge in [-0.25, -0.2) is 0 Å². The first-order valence-electron chi connectivity index (χ1n) is 9.04. The van der Waals surface area contributed by atoms with Crippen molar-refractivity contribution in [3.63, 3.8) is 0 Å². The van der Waals surface area contributed by atoms with Crippen LogP contribution in [0.4, 0.5) is 0 Å². The fourth-order valence-corrected chi connectivity index (χ4v) is 6.13. The van der Waals surface area contributed by atoms with E-state index in [0.29, 0.717) is 13.0 Å². The summed E-state index contributed by atoms with van der Waals surface area (Å²) in [6.45, 7) is 0.336. The third-order valence-electron chi connectivity index (χ3n) is 6.67. The Kier molecular flexibility index (Phi) is 3.62. The van der Waals surface area contributed by atoms with Crippen LogP contribution in [-0.2, 0) is 4.79 Å². The number of nitrogens with one attached hydrogen (secondary N) is 1. The molecule has 4 nitrogen and oxygen atoms in total. The van der Waals surface area contributed by atoms with E-state index in [2.05, 4.69) is 17.3 Å². The van der Waals surface area contributed by atoms with Crippen molar-refractivity contribution in [2.75, 3.05) is 6.54 Å². The number of carbonyl (C=O) groups excluding carboxylic acids is 1. The van der Waals surface area contributed by atoms with E-state index in [0.717, 1.165) is 24.2 Å². The minimum Gasteiger partial charge on any atom is -0.312 e. The third-order valence-corrected chi connectivity index (χ3v) is 6.67. The number of nitrogens with zero attached hydrogens (tertiary/aromatic N) is 2. The maximum atomic E-state index is 12.7. The average molecular weight is 311 g/mol. The lowest BCUT2D eigenvalue weighted by Gasteiger charge is -2.57. The number of hydrogen-bond donors (Lipinski definition) is 1. The van der Waals surface area contributed by atoms with Crippen molar-refractivity contribution in [3.8, 4) is 18.4 Å². The highest BCUT2D eigenvalue weighted by Gasteiger charge is 2.51. The Hall–Kier alpha value is -1.52. The first-order valence-corrected chi connectivity index (χ1v) is 9.04. The summed E-state index contributed by atoms with van der Waals surface area (Å²) in [4.78, 5) is 14.3. The van der Waals surface area contributed by atoms with Gasteiger partial charge in [0.2, 0.25) is 5.91 Å². The number of rotatable bonds is 3. The standard InChI is InChI=1S/C19H25N3O/c1-2-16-3-4-17(11-20)22(16)18(23)12-21-19-8-13-5-14(9-19)7-15(6-13)10-19/h1,13-17,21H,3-10,12H2/t13?,14?,15?,16-,17+,19?/m1/s1. The molecule has 1 amide bonds. The molecule has 4 saturated carbocycles. The van der Waals surface area contributed by atoms with E-state index in [9.17, 15) is 10.1 Å². The largest absolute Gasteiger partial charge is 0.312 e. The fourth-order valence-electron chi connectivity index (χ4n) is 6.13. The summed E-state index contributed by atoms with van der Waals surface area (Å²) in [6.07, 6.45) is 14.9. The van der Waals surface area contributed by atoms with Crippen LogP contribution >= 0.6 is 0 Å². The number of amides is 1. The average Bonchev–Trinajstić information content (AvgIpc) is 2.94. The first kappa shape index (κ1) is 15.0. The lowest BCUT2D eigenvalue weighted by atomic mass is 9.53. The van der Waals surface area contributed by atoms with E-state index in [1.54, 1.807) is 4.90 Å². The quantitative estimate of drug-likeness (QED) is 0.812. The molecule has 5 rings (SSSR count). The molecule has 0 aromatic heterocycles. The summed E-state index contributed by atoms with van der Waals surface area (Å²) in [7, 11) is 0. The van der Waals surface area contributed by atoms with Gasteiger partial charge in [-0.05, 0) is 69.1 Å². The normalized spacial score (nSPS) is 44.1. The van der Waals surface area contributed by atoms with Crippen molar-refractivity contribution in [1.29, 1.82) is 5.26 Å². The second-order valence-corrected chi connectivity index (χ2v) is 8.26. The second-order valence-electron chi connectivity index (χ2n) is 8.26. The van der Waals surface area contributed by atoms with Crippen molar-refractivity contribution < 1.29 is 4.79 Å². The number of nitriles is 1. The fraction of sp³-hybridized carbons (Fsp3) is 0.789. The molecule has 0 unspecified atom stereocenters. The molecule has 1 aliphatic heterocycles. The van der Waals surface area contributed by atoms with Gasteiger partial charge < -0.3 is 10.2 Å². The molecule has 23 heavy (non-hydrogen) atoms. The lowest BCUT2D eigenvalue weighted by molar-refractivity contribution is -0.132. The molecule has 4 bridgehead atoms. The molecule has 0 spiro atoms. The first-order chi connectivity index (χ1) is 11.1. The van der Waals surface area contributed by atoms with E-state index in [1.165, 1.54) is 38.5 Å². The van der Waals surface area contributed by atoms with Gasteiger partial charge in [0.25, 0.3) is 0 Å². The Labute approximate surface area is 138 Å². The number of hydrogen-bond acceptors (Lipinski definition) is 3. The van der Waals surface area contributed by atoms with Crippen LogP contribution in [0.5, 0.6) is 0 Å². The van der Waals surface area contributed by atoms with Gasteiger partial charge in [0, 0.05) is 5.54 Å². The molecule has 4 heteroatoms. The van der Waals surface area contributed by atoms with Crippen LogP contribution in [-0.4, -0.2) is 35.0 Å². The zero-order valence-electron chi connectivity index (χ0n) is 13.6. The van der Waals surface area contributed by atoms with E-state index in [4.69, 9.17) is 6.42 Å². The minimum atomic E-state index is -0.346. The predicted octanol–water partition coefficient (Wildman–Crippen LogP) is 2.06. The number of likely N-dealkylation sites (tertiary alicyclic amines) is 1. The van der Waals surface area contributed by atoms with Crippen LogP contribution in [0, 0.1) is 41.4 Å². The summed E-state index contributed by atoms with van der Waals surface area (Å²) < 4.78 is 0. The maximum absolute atomic E-state index is 12.7. The Morgan fingerprint density at radius 3 is 2.22 bits per heavy atom. The molecule has 1 N–H and O–H groups in total. The van der Waals surface area contributed by atoms with Crippen LogP contribution in [0.2, 0.25) is 0 Å². The van der Waals surface area contributed by atoms with Gasteiger partial charge in [-0.15, -0.1) is 6.42 Å². The van der Waals surface area contributed by atoms with Gasteiger partial charge >= 0.3 is 0 Å². The molecular weight excluding hydrogens is 286 g/mol. The molecule has 5 aliphatic rings. The zero-order chi connectivity index (χ0) is 16.0. The van der Waals surface area contributed by atoms with Gasteiger partial charge in [0.1, 0.15) is 6.04 Å². The van der Waals surface area contributed by atoms with E-state index in [1.807, 2.05) is 0 Å². The van der Waals surface area contributed by atoms with E-state index in [-0.39, 0.29) is 23.5 Å². The molecule has 1 heterocycles. The second kappa shape index (κ2) is 5.53. The molecule has 0 radical (unpaired) electrons. The Balaban J connectivity index is 1.42. The highest BCUT2D eigenvalue weighted by molar-refractivity contribution is 5.80. The van der Waals surface area contributed by atoms with Crippen LogP contribution in [0.1, 0.15) is 51.4 Å². The molecule has 0 aromatic carbocycles. The van der Waals surface area contributed by atoms with E-state index < -0.39 is 0 Å². The SMILES string of the molecule is C#C[C@@H]1CC[C@@H](C#N)N1C(=O)CNC12CC3CC(CC(C3)C1)C2. The van der Waals surface area contributed by atoms with Crippen molar-refractivity contribution in [2.45, 2.75) is 69.0 Å². The van der Waals surface area contributed by atoms with Crippen molar-refractivity contribution in [2.24, 2.45) is 17.8 Å². The molecule has 4 aliphatic carbocycles. The third kappa shape index (κ3) is 2.54. The van der Waals surface area contributed by atoms with Gasteiger partial charge in [-0.2, -0.15) is 5.26 Å².